The lowest BCUT2D eigenvalue weighted by Gasteiger charge is -2.14. The molecule has 0 bridgehead atoms. The Hall–Kier alpha value is -1.55. The van der Waals surface area contributed by atoms with Crippen molar-refractivity contribution in [2.24, 2.45) is 0 Å². The maximum Gasteiger partial charge on any atom is 0.180 e. The molecule has 0 aromatic heterocycles. The SMILES string of the molecule is CCOC(=N)CCCOc1cccc(CCN2CCCC2)c1. The highest BCUT2D eigenvalue weighted by molar-refractivity contribution is 5.72. The van der Waals surface area contributed by atoms with E-state index in [4.69, 9.17) is 14.9 Å². The predicted octanol–water partition coefficient (Wildman–Crippen LogP) is 3.50. The van der Waals surface area contributed by atoms with Crippen LogP contribution in [0.5, 0.6) is 5.75 Å². The summed E-state index contributed by atoms with van der Waals surface area (Å²) in [6.07, 6.45) is 5.24. The van der Waals surface area contributed by atoms with Crippen LogP contribution in [0.15, 0.2) is 24.3 Å². The van der Waals surface area contributed by atoms with Crippen LogP contribution in [0.25, 0.3) is 0 Å². The normalized spacial score (nSPS) is 15.0. The lowest BCUT2D eigenvalue weighted by molar-refractivity contribution is 0.289. The predicted molar refractivity (Wildman–Crippen MR) is 89.9 cm³/mol. The molecular weight excluding hydrogens is 276 g/mol. The van der Waals surface area contributed by atoms with Gasteiger partial charge in [-0.05, 0) is 63.4 Å². The van der Waals surface area contributed by atoms with Crippen LogP contribution in [-0.4, -0.2) is 43.6 Å². The highest BCUT2D eigenvalue weighted by atomic mass is 16.5. The van der Waals surface area contributed by atoms with Crippen molar-refractivity contribution >= 4 is 5.90 Å². The Labute approximate surface area is 133 Å². The van der Waals surface area contributed by atoms with Gasteiger partial charge < -0.3 is 14.4 Å². The second kappa shape index (κ2) is 9.46. The number of ether oxygens (including phenoxy) is 2. The summed E-state index contributed by atoms with van der Waals surface area (Å²) in [7, 11) is 0. The van der Waals surface area contributed by atoms with E-state index < -0.39 is 0 Å². The Kier molecular flexibility index (Phi) is 7.23. The number of hydrogen-bond acceptors (Lipinski definition) is 4. The van der Waals surface area contributed by atoms with Crippen LogP contribution in [0, 0.1) is 5.41 Å². The minimum Gasteiger partial charge on any atom is -0.494 e. The van der Waals surface area contributed by atoms with Crippen LogP contribution >= 0.6 is 0 Å². The Balaban J connectivity index is 1.68. The van der Waals surface area contributed by atoms with Gasteiger partial charge in [0.2, 0.25) is 0 Å². The van der Waals surface area contributed by atoms with Crippen LogP contribution in [0.2, 0.25) is 0 Å². The fourth-order valence-electron chi connectivity index (χ4n) is 2.75. The van der Waals surface area contributed by atoms with Gasteiger partial charge in [-0.1, -0.05) is 12.1 Å². The van der Waals surface area contributed by atoms with Crippen molar-refractivity contribution in [1.82, 2.24) is 4.90 Å². The number of nitrogens with one attached hydrogen (secondary N) is 1. The van der Waals surface area contributed by atoms with Crippen molar-refractivity contribution in [2.75, 3.05) is 32.8 Å². The molecule has 0 aliphatic carbocycles. The molecular formula is C18H28N2O2. The smallest absolute Gasteiger partial charge is 0.180 e. The van der Waals surface area contributed by atoms with E-state index in [0.717, 1.165) is 25.1 Å². The minimum atomic E-state index is 0.352. The number of rotatable bonds is 9. The maximum atomic E-state index is 7.56. The Morgan fingerprint density at radius 1 is 1.27 bits per heavy atom. The summed E-state index contributed by atoms with van der Waals surface area (Å²) in [5, 5.41) is 7.56. The van der Waals surface area contributed by atoms with Gasteiger partial charge >= 0.3 is 0 Å². The summed E-state index contributed by atoms with van der Waals surface area (Å²) in [5.74, 6) is 1.28. The van der Waals surface area contributed by atoms with E-state index in [-0.39, 0.29) is 0 Å². The molecule has 1 aliphatic heterocycles. The van der Waals surface area contributed by atoms with Crippen LogP contribution < -0.4 is 4.74 Å². The molecule has 1 aliphatic rings. The molecule has 0 saturated carbocycles. The van der Waals surface area contributed by atoms with Crippen molar-refractivity contribution in [1.29, 1.82) is 5.41 Å². The molecule has 1 heterocycles. The molecule has 4 heteroatoms. The van der Waals surface area contributed by atoms with Crippen LogP contribution in [-0.2, 0) is 11.2 Å². The molecule has 0 spiro atoms. The third kappa shape index (κ3) is 6.06. The zero-order valence-electron chi connectivity index (χ0n) is 13.6. The zero-order valence-corrected chi connectivity index (χ0v) is 13.6. The van der Waals surface area contributed by atoms with Crippen molar-refractivity contribution < 1.29 is 9.47 Å². The first-order valence-corrected chi connectivity index (χ1v) is 8.42. The first kappa shape index (κ1) is 16.8. The van der Waals surface area contributed by atoms with Crippen molar-refractivity contribution in [2.45, 2.75) is 39.0 Å². The van der Waals surface area contributed by atoms with Crippen LogP contribution in [0.1, 0.15) is 38.2 Å². The third-order valence-corrected chi connectivity index (χ3v) is 3.95. The fraction of sp³-hybridized carbons (Fsp3) is 0.611. The molecule has 0 unspecified atom stereocenters. The quantitative estimate of drug-likeness (QED) is 0.431. The summed E-state index contributed by atoms with van der Waals surface area (Å²) >= 11 is 0. The zero-order chi connectivity index (χ0) is 15.6. The van der Waals surface area contributed by atoms with E-state index in [2.05, 4.69) is 23.1 Å². The van der Waals surface area contributed by atoms with Gasteiger partial charge in [-0.25, -0.2) is 0 Å². The summed E-state index contributed by atoms with van der Waals surface area (Å²) in [4.78, 5) is 2.53. The molecule has 0 amide bonds. The number of nitrogens with zero attached hydrogens (tertiary/aromatic N) is 1. The van der Waals surface area contributed by atoms with E-state index in [0.29, 0.717) is 25.5 Å². The average Bonchev–Trinajstić information content (AvgIpc) is 3.04. The molecule has 2 rings (SSSR count). The maximum absolute atomic E-state index is 7.56. The molecule has 1 aromatic rings. The summed E-state index contributed by atoms with van der Waals surface area (Å²) in [6, 6.07) is 8.39. The van der Waals surface area contributed by atoms with E-state index in [1.165, 1.54) is 31.5 Å². The molecule has 1 saturated heterocycles. The molecule has 4 nitrogen and oxygen atoms in total. The highest BCUT2D eigenvalue weighted by Crippen LogP contribution is 2.16. The van der Waals surface area contributed by atoms with Gasteiger partial charge in [0.25, 0.3) is 0 Å². The minimum absolute atomic E-state index is 0.352. The first-order valence-electron chi connectivity index (χ1n) is 8.42. The molecule has 1 N–H and O–H groups in total. The topological polar surface area (TPSA) is 45.6 Å². The second-order valence-electron chi connectivity index (χ2n) is 5.75. The van der Waals surface area contributed by atoms with Gasteiger partial charge in [-0.3, -0.25) is 5.41 Å². The summed E-state index contributed by atoms with van der Waals surface area (Å²) in [5.41, 5.74) is 1.34. The van der Waals surface area contributed by atoms with Gasteiger partial charge in [0.05, 0.1) is 13.2 Å². The van der Waals surface area contributed by atoms with Crippen molar-refractivity contribution in [3.63, 3.8) is 0 Å². The number of likely N-dealkylation sites (tertiary alicyclic amines) is 1. The van der Waals surface area contributed by atoms with E-state index >= 15 is 0 Å². The first-order chi connectivity index (χ1) is 10.8. The van der Waals surface area contributed by atoms with E-state index in [1.54, 1.807) is 0 Å². The summed E-state index contributed by atoms with van der Waals surface area (Å²) in [6.45, 7) is 6.75. The van der Waals surface area contributed by atoms with E-state index in [1.807, 2.05) is 13.0 Å². The Bertz CT molecular complexity index is 456. The van der Waals surface area contributed by atoms with Gasteiger partial charge in [-0.15, -0.1) is 0 Å². The fourth-order valence-corrected chi connectivity index (χ4v) is 2.75. The lowest BCUT2D eigenvalue weighted by atomic mass is 10.1. The van der Waals surface area contributed by atoms with Crippen molar-refractivity contribution in [3.05, 3.63) is 29.8 Å². The summed E-state index contributed by atoms with van der Waals surface area (Å²) < 4.78 is 10.9. The molecule has 0 radical (unpaired) electrons. The molecule has 0 atom stereocenters. The molecule has 22 heavy (non-hydrogen) atoms. The highest BCUT2D eigenvalue weighted by Gasteiger charge is 2.10. The molecule has 1 fully saturated rings. The standard InChI is InChI=1S/C18H28N2O2/c1-2-21-18(19)9-6-14-22-17-8-5-7-16(15-17)10-13-20-11-3-4-12-20/h5,7-8,15,19H,2-4,6,9-14H2,1H3. The van der Waals surface area contributed by atoms with Crippen LogP contribution in [0.4, 0.5) is 0 Å². The van der Waals surface area contributed by atoms with Gasteiger partial charge in [-0.2, -0.15) is 0 Å². The van der Waals surface area contributed by atoms with Gasteiger partial charge in [0.1, 0.15) is 5.75 Å². The average molecular weight is 304 g/mol. The van der Waals surface area contributed by atoms with Crippen LogP contribution in [0.3, 0.4) is 0 Å². The monoisotopic (exact) mass is 304 g/mol. The number of hydrogen-bond donors (Lipinski definition) is 1. The lowest BCUT2D eigenvalue weighted by Crippen LogP contribution is -2.21. The van der Waals surface area contributed by atoms with E-state index in [9.17, 15) is 0 Å². The third-order valence-electron chi connectivity index (χ3n) is 3.95. The van der Waals surface area contributed by atoms with Gasteiger partial charge in [0, 0.05) is 13.0 Å². The Morgan fingerprint density at radius 2 is 2.09 bits per heavy atom. The molecule has 122 valence electrons. The molecule has 1 aromatic carbocycles. The number of benzene rings is 1. The van der Waals surface area contributed by atoms with Gasteiger partial charge in [0.15, 0.2) is 5.90 Å². The Morgan fingerprint density at radius 3 is 2.86 bits per heavy atom. The second-order valence-corrected chi connectivity index (χ2v) is 5.75. The largest absolute Gasteiger partial charge is 0.494 e. The van der Waals surface area contributed by atoms with Crippen molar-refractivity contribution in [3.8, 4) is 5.75 Å².